The number of halogens is 2. The number of ether oxygens (including phenoxy) is 1. The zero-order valence-electron chi connectivity index (χ0n) is 10.5. The van der Waals surface area contributed by atoms with Crippen molar-refractivity contribution in [3.05, 3.63) is 46.8 Å². The maximum absolute atomic E-state index is 13.6. The van der Waals surface area contributed by atoms with Gasteiger partial charge in [-0.1, -0.05) is 11.6 Å². The molecular weight excluding hydrogens is 271 g/mol. The van der Waals surface area contributed by atoms with E-state index < -0.39 is 5.82 Å². The van der Waals surface area contributed by atoms with Crippen molar-refractivity contribution in [2.75, 3.05) is 0 Å². The summed E-state index contributed by atoms with van der Waals surface area (Å²) >= 11 is 5.84. The second kappa shape index (κ2) is 5.40. The monoisotopic (exact) mass is 282 g/mol. The molecule has 1 aromatic heterocycles. The van der Waals surface area contributed by atoms with Crippen LogP contribution < -0.4 is 4.74 Å². The summed E-state index contributed by atoms with van der Waals surface area (Å²) in [5.74, 6) is 0.0467. The maximum Gasteiger partial charge on any atom is 0.162 e. The van der Waals surface area contributed by atoms with Gasteiger partial charge in [0.2, 0.25) is 0 Å². The summed E-state index contributed by atoms with van der Waals surface area (Å²) in [6.45, 7) is 1.48. The Hall–Kier alpha value is -1.88. The van der Waals surface area contributed by atoms with Crippen LogP contribution in [0.1, 0.15) is 23.1 Å². The Kier molecular flexibility index (Phi) is 3.85. The number of carbonyl (C=O) groups is 1. The molecule has 1 heterocycles. The van der Waals surface area contributed by atoms with Crippen LogP contribution in [0.2, 0.25) is 5.15 Å². The zero-order chi connectivity index (χ0) is 14.0. The molecule has 0 N–H and O–H groups in total. The van der Waals surface area contributed by atoms with Gasteiger partial charge in [0.15, 0.2) is 5.78 Å². The highest BCUT2D eigenvalue weighted by Gasteiger charge is 2.09. The van der Waals surface area contributed by atoms with Crippen molar-refractivity contribution in [2.24, 2.45) is 7.05 Å². The minimum absolute atomic E-state index is 0.0485. The number of rotatable bonds is 4. The van der Waals surface area contributed by atoms with Gasteiger partial charge in [-0.25, -0.2) is 9.37 Å². The number of Topliss-reactive ketones (excluding diaryl/α,β-unsaturated/α-hetero) is 1. The second-order valence-electron chi connectivity index (χ2n) is 4.04. The lowest BCUT2D eigenvalue weighted by molar-refractivity contribution is 0.101. The van der Waals surface area contributed by atoms with Gasteiger partial charge in [0.25, 0.3) is 0 Å². The molecule has 4 nitrogen and oxygen atoms in total. The van der Waals surface area contributed by atoms with Crippen molar-refractivity contribution in [3.63, 3.8) is 0 Å². The zero-order valence-corrected chi connectivity index (χ0v) is 11.2. The minimum atomic E-state index is -0.595. The van der Waals surface area contributed by atoms with Crippen molar-refractivity contribution in [2.45, 2.75) is 13.5 Å². The molecule has 0 spiro atoms. The summed E-state index contributed by atoms with van der Waals surface area (Å²) < 4.78 is 20.6. The highest BCUT2D eigenvalue weighted by Crippen LogP contribution is 2.18. The molecule has 0 bridgehead atoms. The molecule has 6 heteroatoms. The number of nitrogens with zero attached hydrogens (tertiary/aromatic N) is 2. The van der Waals surface area contributed by atoms with Crippen molar-refractivity contribution < 1.29 is 13.9 Å². The van der Waals surface area contributed by atoms with E-state index in [0.717, 1.165) is 0 Å². The summed E-state index contributed by atoms with van der Waals surface area (Å²) in [7, 11) is 1.76. The Balaban J connectivity index is 2.10. The number of carbonyl (C=O) groups excluding carboxylic acids is 1. The van der Waals surface area contributed by atoms with E-state index in [1.807, 2.05) is 0 Å². The molecule has 0 amide bonds. The van der Waals surface area contributed by atoms with Crippen LogP contribution >= 0.6 is 11.6 Å². The van der Waals surface area contributed by atoms with E-state index in [0.29, 0.717) is 16.7 Å². The van der Waals surface area contributed by atoms with Crippen LogP contribution in [0.5, 0.6) is 5.75 Å². The van der Waals surface area contributed by atoms with Crippen LogP contribution in [0.25, 0.3) is 0 Å². The summed E-state index contributed by atoms with van der Waals surface area (Å²) in [5.41, 5.74) is 0.0485. The van der Waals surface area contributed by atoms with Crippen molar-refractivity contribution in [1.29, 1.82) is 0 Å². The summed E-state index contributed by atoms with van der Waals surface area (Å²) in [4.78, 5) is 15.2. The molecule has 19 heavy (non-hydrogen) atoms. The second-order valence-corrected chi connectivity index (χ2v) is 4.43. The molecule has 0 aliphatic rings. The number of hydrogen-bond acceptors (Lipinski definition) is 3. The van der Waals surface area contributed by atoms with Crippen LogP contribution in [0.3, 0.4) is 0 Å². The third-order valence-corrected chi connectivity index (χ3v) is 3.07. The van der Waals surface area contributed by atoms with Gasteiger partial charge in [0.1, 0.15) is 29.2 Å². The fourth-order valence-electron chi connectivity index (χ4n) is 1.58. The third kappa shape index (κ3) is 2.93. The minimum Gasteiger partial charge on any atom is -0.486 e. The van der Waals surface area contributed by atoms with Crippen molar-refractivity contribution in [1.82, 2.24) is 9.55 Å². The predicted molar refractivity (Wildman–Crippen MR) is 69.0 cm³/mol. The summed E-state index contributed by atoms with van der Waals surface area (Å²) in [6, 6.07) is 4.13. The smallest absolute Gasteiger partial charge is 0.162 e. The van der Waals surface area contributed by atoms with Gasteiger partial charge in [0, 0.05) is 13.1 Å². The van der Waals surface area contributed by atoms with E-state index in [1.54, 1.807) is 17.7 Å². The van der Waals surface area contributed by atoms with Gasteiger partial charge in [-0.3, -0.25) is 4.79 Å². The van der Waals surface area contributed by atoms with Crippen LogP contribution in [0.4, 0.5) is 4.39 Å². The van der Waals surface area contributed by atoms with Gasteiger partial charge in [0.05, 0.1) is 11.8 Å². The Morgan fingerprint density at radius 2 is 2.26 bits per heavy atom. The first kappa shape index (κ1) is 13.5. The predicted octanol–water partition coefficient (Wildman–Crippen LogP) is 2.99. The van der Waals surface area contributed by atoms with Crippen LogP contribution in [-0.2, 0) is 13.7 Å². The molecule has 1 aromatic carbocycles. The Morgan fingerprint density at radius 1 is 1.53 bits per heavy atom. The van der Waals surface area contributed by atoms with E-state index in [9.17, 15) is 9.18 Å². The first-order valence-corrected chi connectivity index (χ1v) is 5.96. The SMILES string of the molecule is CC(=O)c1ccc(OCc2ncc(Cl)n2C)cc1F. The lowest BCUT2D eigenvalue weighted by Crippen LogP contribution is -2.04. The molecule has 0 aliphatic carbocycles. The average Bonchev–Trinajstić information content (AvgIpc) is 2.67. The molecule has 0 aliphatic heterocycles. The van der Waals surface area contributed by atoms with Gasteiger partial charge >= 0.3 is 0 Å². The fraction of sp³-hybridized carbons (Fsp3) is 0.231. The van der Waals surface area contributed by atoms with Gasteiger partial charge in [-0.15, -0.1) is 0 Å². The Morgan fingerprint density at radius 3 is 2.79 bits per heavy atom. The normalized spacial score (nSPS) is 10.5. The quantitative estimate of drug-likeness (QED) is 0.810. The molecule has 0 radical (unpaired) electrons. The lowest BCUT2D eigenvalue weighted by atomic mass is 10.1. The molecule has 0 fully saturated rings. The van der Waals surface area contributed by atoms with Crippen molar-refractivity contribution >= 4 is 17.4 Å². The molecule has 2 aromatic rings. The number of ketones is 1. The first-order chi connectivity index (χ1) is 8.99. The number of benzene rings is 1. The molecule has 100 valence electrons. The van der Waals surface area contributed by atoms with E-state index >= 15 is 0 Å². The largest absolute Gasteiger partial charge is 0.486 e. The third-order valence-electron chi connectivity index (χ3n) is 2.72. The molecular formula is C13H12ClFN2O2. The maximum atomic E-state index is 13.6. The average molecular weight is 283 g/mol. The molecule has 2 rings (SSSR count). The standard InChI is InChI=1S/C13H12ClFN2O2/c1-8(18)10-4-3-9(5-11(10)15)19-7-13-16-6-12(14)17(13)2/h3-6H,7H2,1-2H3. The topological polar surface area (TPSA) is 44.1 Å². The van der Waals surface area contributed by atoms with E-state index in [2.05, 4.69) is 4.98 Å². The van der Waals surface area contributed by atoms with E-state index in [-0.39, 0.29) is 18.0 Å². The van der Waals surface area contributed by atoms with Crippen LogP contribution in [-0.4, -0.2) is 15.3 Å². The van der Waals surface area contributed by atoms with Gasteiger partial charge in [-0.2, -0.15) is 0 Å². The molecule has 0 atom stereocenters. The van der Waals surface area contributed by atoms with Gasteiger partial charge in [-0.05, 0) is 19.1 Å². The highest BCUT2D eigenvalue weighted by molar-refractivity contribution is 6.29. The van der Waals surface area contributed by atoms with Gasteiger partial charge < -0.3 is 9.30 Å². The fourth-order valence-corrected chi connectivity index (χ4v) is 1.72. The van der Waals surface area contributed by atoms with Crippen molar-refractivity contribution in [3.8, 4) is 5.75 Å². The highest BCUT2D eigenvalue weighted by atomic mass is 35.5. The molecule has 0 unspecified atom stereocenters. The number of imidazole rings is 1. The first-order valence-electron chi connectivity index (χ1n) is 5.58. The number of hydrogen-bond donors (Lipinski definition) is 0. The Bertz CT molecular complexity index is 625. The summed E-state index contributed by atoms with van der Waals surface area (Å²) in [5, 5.41) is 0.497. The Labute approximate surface area is 114 Å². The van der Waals surface area contributed by atoms with E-state index in [4.69, 9.17) is 16.3 Å². The molecule has 0 saturated carbocycles. The number of aromatic nitrogens is 2. The lowest BCUT2D eigenvalue weighted by Gasteiger charge is -2.07. The summed E-state index contributed by atoms with van der Waals surface area (Å²) in [6.07, 6.45) is 1.51. The van der Waals surface area contributed by atoms with Crippen LogP contribution in [0, 0.1) is 5.82 Å². The van der Waals surface area contributed by atoms with Crippen LogP contribution in [0.15, 0.2) is 24.4 Å². The molecule has 0 saturated heterocycles. The van der Waals surface area contributed by atoms with E-state index in [1.165, 1.54) is 25.3 Å².